The first-order valence-corrected chi connectivity index (χ1v) is 7.84. The van der Waals surface area contributed by atoms with Crippen molar-refractivity contribution in [3.63, 3.8) is 0 Å². The lowest BCUT2D eigenvalue weighted by Gasteiger charge is -2.12. The van der Waals surface area contributed by atoms with Crippen LogP contribution in [0.3, 0.4) is 0 Å². The second-order valence-electron chi connectivity index (χ2n) is 5.13. The first-order chi connectivity index (χ1) is 9.83. The molecule has 1 aromatic carbocycles. The summed E-state index contributed by atoms with van der Waals surface area (Å²) in [5, 5.41) is 8.42. The minimum Gasteiger partial charge on any atom is -0.325 e. The van der Waals surface area contributed by atoms with Gasteiger partial charge in [-0.2, -0.15) is 0 Å². The Labute approximate surface area is 135 Å². The van der Waals surface area contributed by atoms with Crippen LogP contribution in [-0.2, 0) is 4.79 Å². The molecule has 0 aliphatic carbocycles. The number of para-hydroxylation sites is 1. The van der Waals surface area contributed by atoms with Crippen molar-refractivity contribution in [2.24, 2.45) is 5.92 Å². The number of carbonyl (C=O) groups is 1. The third kappa shape index (κ3) is 4.06. The van der Waals surface area contributed by atoms with Gasteiger partial charge in [0, 0.05) is 22.5 Å². The molecule has 0 saturated carbocycles. The SMILES string of the molecule is Cl.O=C(CC1CCNC1)Nc1ccccc1-c1cccs1. The van der Waals surface area contributed by atoms with Gasteiger partial charge in [-0.1, -0.05) is 24.3 Å². The van der Waals surface area contributed by atoms with Crippen LogP contribution in [0, 0.1) is 5.92 Å². The van der Waals surface area contributed by atoms with E-state index < -0.39 is 0 Å². The van der Waals surface area contributed by atoms with Crippen LogP contribution in [0.4, 0.5) is 5.69 Å². The summed E-state index contributed by atoms with van der Waals surface area (Å²) in [5.41, 5.74) is 2.01. The normalized spacial score (nSPS) is 17.2. The fourth-order valence-corrected chi connectivity index (χ4v) is 3.36. The third-order valence-electron chi connectivity index (χ3n) is 3.62. The highest BCUT2D eigenvalue weighted by molar-refractivity contribution is 7.13. The Morgan fingerprint density at radius 1 is 1.29 bits per heavy atom. The zero-order valence-electron chi connectivity index (χ0n) is 11.7. The van der Waals surface area contributed by atoms with Gasteiger partial charge in [0.1, 0.15) is 0 Å². The molecular weight excluding hydrogens is 304 g/mol. The second-order valence-corrected chi connectivity index (χ2v) is 6.08. The number of halogens is 1. The van der Waals surface area contributed by atoms with Gasteiger partial charge in [0.05, 0.1) is 0 Å². The average molecular weight is 323 g/mol. The Kier molecular flexibility index (Phi) is 5.79. The summed E-state index contributed by atoms with van der Waals surface area (Å²) >= 11 is 1.69. The Balaban J connectivity index is 0.00000161. The Morgan fingerprint density at radius 3 is 2.86 bits per heavy atom. The summed E-state index contributed by atoms with van der Waals surface area (Å²) in [6.45, 7) is 1.99. The molecule has 21 heavy (non-hydrogen) atoms. The molecule has 2 heterocycles. The van der Waals surface area contributed by atoms with Crippen molar-refractivity contribution in [2.75, 3.05) is 18.4 Å². The van der Waals surface area contributed by atoms with E-state index in [9.17, 15) is 4.79 Å². The van der Waals surface area contributed by atoms with Gasteiger partial charge in [0.2, 0.25) is 5.91 Å². The molecule has 1 saturated heterocycles. The number of carbonyl (C=O) groups excluding carboxylic acids is 1. The highest BCUT2D eigenvalue weighted by atomic mass is 35.5. The summed E-state index contributed by atoms with van der Waals surface area (Å²) in [7, 11) is 0. The molecule has 1 unspecified atom stereocenters. The van der Waals surface area contributed by atoms with Crippen molar-refractivity contribution in [1.82, 2.24) is 5.32 Å². The average Bonchev–Trinajstić information content (AvgIpc) is 3.11. The summed E-state index contributed by atoms with van der Waals surface area (Å²) < 4.78 is 0. The van der Waals surface area contributed by atoms with E-state index in [1.54, 1.807) is 11.3 Å². The quantitative estimate of drug-likeness (QED) is 0.899. The maximum absolute atomic E-state index is 12.2. The van der Waals surface area contributed by atoms with Gasteiger partial charge in [-0.15, -0.1) is 23.7 Å². The summed E-state index contributed by atoms with van der Waals surface area (Å²) in [5.74, 6) is 0.589. The molecule has 5 heteroatoms. The zero-order valence-corrected chi connectivity index (χ0v) is 13.3. The number of nitrogens with one attached hydrogen (secondary N) is 2. The fraction of sp³-hybridized carbons (Fsp3) is 0.312. The maximum atomic E-state index is 12.2. The first kappa shape index (κ1) is 16.0. The van der Waals surface area contributed by atoms with Gasteiger partial charge in [-0.25, -0.2) is 0 Å². The van der Waals surface area contributed by atoms with Gasteiger partial charge in [0.15, 0.2) is 0 Å². The van der Waals surface area contributed by atoms with Gasteiger partial charge >= 0.3 is 0 Å². The van der Waals surface area contributed by atoms with Crippen LogP contribution in [0.25, 0.3) is 10.4 Å². The zero-order chi connectivity index (χ0) is 13.8. The first-order valence-electron chi connectivity index (χ1n) is 6.96. The molecule has 0 radical (unpaired) electrons. The van der Waals surface area contributed by atoms with E-state index in [0.29, 0.717) is 12.3 Å². The van der Waals surface area contributed by atoms with Crippen LogP contribution in [0.2, 0.25) is 0 Å². The lowest BCUT2D eigenvalue weighted by Crippen LogP contribution is -2.18. The van der Waals surface area contributed by atoms with Crippen molar-refractivity contribution in [3.8, 4) is 10.4 Å². The van der Waals surface area contributed by atoms with Crippen molar-refractivity contribution in [3.05, 3.63) is 41.8 Å². The smallest absolute Gasteiger partial charge is 0.224 e. The summed E-state index contributed by atoms with van der Waals surface area (Å²) in [6, 6.07) is 12.1. The molecule has 1 aliphatic heterocycles. The van der Waals surface area contributed by atoms with E-state index in [1.807, 2.05) is 24.3 Å². The molecule has 1 amide bonds. The number of thiophene rings is 1. The maximum Gasteiger partial charge on any atom is 0.224 e. The number of benzene rings is 1. The van der Waals surface area contributed by atoms with E-state index in [4.69, 9.17) is 0 Å². The van der Waals surface area contributed by atoms with Gasteiger partial charge in [-0.3, -0.25) is 4.79 Å². The van der Waals surface area contributed by atoms with Gasteiger partial charge in [0.25, 0.3) is 0 Å². The fourth-order valence-electron chi connectivity index (χ4n) is 2.59. The highest BCUT2D eigenvalue weighted by Gasteiger charge is 2.18. The van der Waals surface area contributed by atoms with E-state index in [2.05, 4.69) is 28.1 Å². The monoisotopic (exact) mass is 322 g/mol. The molecule has 2 N–H and O–H groups in total. The van der Waals surface area contributed by atoms with Crippen LogP contribution in [0.15, 0.2) is 41.8 Å². The lowest BCUT2D eigenvalue weighted by atomic mass is 10.0. The summed E-state index contributed by atoms with van der Waals surface area (Å²) in [6.07, 6.45) is 1.70. The molecule has 0 spiro atoms. The minimum atomic E-state index is 0. The molecular formula is C16H19ClN2OS. The molecule has 112 valence electrons. The number of rotatable bonds is 4. The van der Waals surface area contributed by atoms with Crippen molar-refractivity contribution >= 4 is 35.3 Å². The predicted molar refractivity (Wildman–Crippen MR) is 91.2 cm³/mol. The predicted octanol–water partition coefficient (Wildman–Crippen LogP) is 3.78. The second kappa shape index (κ2) is 7.59. The largest absolute Gasteiger partial charge is 0.325 e. The van der Waals surface area contributed by atoms with Gasteiger partial charge in [-0.05, 0) is 42.9 Å². The molecule has 1 atom stereocenters. The molecule has 3 nitrogen and oxygen atoms in total. The van der Waals surface area contributed by atoms with E-state index in [-0.39, 0.29) is 18.3 Å². The molecule has 1 aromatic heterocycles. The number of amides is 1. The third-order valence-corrected chi connectivity index (χ3v) is 4.53. The standard InChI is InChI=1S/C16H18N2OS.ClH/c19-16(10-12-7-8-17-11-12)18-14-5-2-1-4-13(14)15-6-3-9-20-15;/h1-6,9,12,17H,7-8,10-11H2,(H,18,19);1H. The molecule has 0 bridgehead atoms. The molecule has 2 aromatic rings. The topological polar surface area (TPSA) is 41.1 Å². The molecule has 1 aliphatic rings. The molecule has 1 fully saturated rings. The Bertz CT molecular complexity index is 580. The highest BCUT2D eigenvalue weighted by Crippen LogP contribution is 2.31. The summed E-state index contributed by atoms with van der Waals surface area (Å²) in [4.78, 5) is 13.3. The van der Waals surface area contributed by atoms with E-state index >= 15 is 0 Å². The van der Waals surface area contributed by atoms with Crippen molar-refractivity contribution in [2.45, 2.75) is 12.8 Å². The lowest BCUT2D eigenvalue weighted by molar-refractivity contribution is -0.116. The van der Waals surface area contributed by atoms with Crippen LogP contribution in [-0.4, -0.2) is 19.0 Å². The van der Waals surface area contributed by atoms with Crippen molar-refractivity contribution < 1.29 is 4.79 Å². The molecule has 3 rings (SSSR count). The van der Waals surface area contributed by atoms with Crippen LogP contribution in [0.1, 0.15) is 12.8 Å². The number of hydrogen-bond donors (Lipinski definition) is 2. The van der Waals surface area contributed by atoms with Gasteiger partial charge < -0.3 is 10.6 Å². The van der Waals surface area contributed by atoms with Crippen molar-refractivity contribution in [1.29, 1.82) is 0 Å². The minimum absolute atomic E-state index is 0. The van der Waals surface area contributed by atoms with Crippen LogP contribution < -0.4 is 10.6 Å². The Morgan fingerprint density at radius 2 is 2.14 bits per heavy atom. The van der Waals surface area contributed by atoms with E-state index in [1.165, 1.54) is 4.88 Å². The Hall–Kier alpha value is -1.36. The number of anilines is 1. The van der Waals surface area contributed by atoms with Crippen LogP contribution in [0.5, 0.6) is 0 Å². The van der Waals surface area contributed by atoms with E-state index in [0.717, 1.165) is 30.8 Å². The van der Waals surface area contributed by atoms with Crippen LogP contribution >= 0.6 is 23.7 Å². The number of hydrogen-bond acceptors (Lipinski definition) is 3.